The van der Waals surface area contributed by atoms with Crippen LogP contribution in [0.25, 0.3) is 22.9 Å². The molecular formula is C20H18FN. The van der Waals surface area contributed by atoms with Gasteiger partial charge in [-0.15, -0.1) is 0 Å². The van der Waals surface area contributed by atoms with Gasteiger partial charge in [0.2, 0.25) is 0 Å². The predicted octanol–water partition coefficient (Wildman–Crippen LogP) is 5.22. The van der Waals surface area contributed by atoms with Crippen LogP contribution in [0.15, 0.2) is 60.7 Å². The summed E-state index contributed by atoms with van der Waals surface area (Å²) in [5.41, 5.74) is 2.87. The number of nitrogens with zero attached hydrogens (tertiary/aromatic N) is 1. The Labute approximate surface area is 130 Å². The second-order valence-corrected chi connectivity index (χ2v) is 5.47. The average molecular weight is 291 g/mol. The molecule has 0 aliphatic rings. The van der Waals surface area contributed by atoms with Gasteiger partial charge in [-0.3, -0.25) is 0 Å². The third-order valence-corrected chi connectivity index (χ3v) is 3.76. The highest BCUT2D eigenvalue weighted by molar-refractivity contribution is 6.00. The summed E-state index contributed by atoms with van der Waals surface area (Å²) < 4.78 is 13.7. The Morgan fingerprint density at radius 2 is 1.36 bits per heavy atom. The number of fused-ring (bicyclic) bond motifs is 1. The molecule has 0 radical (unpaired) electrons. The maximum Gasteiger partial charge on any atom is 0.130 e. The van der Waals surface area contributed by atoms with E-state index in [0.717, 1.165) is 5.56 Å². The van der Waals surface area contributed by atoms with Crippen molar-refractivity contribution in [3.05, 3.63) is 77.6 Å². The minimum atomic E-state index is -0.201. The summed E-state index contributed by atoms with van der Waals surface area (Å²) >= 11 is 0. The normalized spacial score (nSPS) is 11.2. The van der Waals surface area contributed by atoms with Crippen molar-refractivity contribution in [1.82, 2.24) is 0 Å². The number of hydrogen-bond donors (Lipinski definition) is 0. The van der Waals surface area contributed by atoms with Crippen molar-refractivity contribution in [2.24, 2.45) is 0 Å². The predicted molar refractivity (Wildman–Crippen MR) is 93.6 cm³/mol. The Morgan fingerprint density at radius 1 is 0.727 bits per heavy atom. The van der Waals surface area contributed by atoms with E-state index in [9.17, 15) is 4.39 Å². The molecule has 0 saturated heterocycles. The molecule has 0 fully saturated rings. The van der Waals surface area contributed by atoms with E-state index in [1.54, 1.807) is 12.1 Å². The Balaban J connectivity index is 2.09. The van der Waals surface area contributed by atoms with Crippen LogP contribution in [0.1, 0.15) is 11.1 Å². The van der Waals surface area contributed by atoms with Crippen LogP contribution < -0.4 is 4.90 Å². The fourth-order valence-electron chi connectivity index (χ4n) is 2.63. The molecule has 0 spiro atoms. The van der Waals surface area contributed by atoms with Gasteiger partial charge >= 0.3 is 0 Å². The molecule has 3 aromatic carbocycles. The summed E-state index contributed by atoms with van der Waals surface area (Å²) in [6.45, 7) is 0. The number of rotatable bonds is 3. The number of anilines is 1. The first-order valence-electron chi connectivity index (χ1n) is 7.28. The minimum absolute atomic E-state index is 0.201. The zero-order valence-corrected chi connectivity index (χ0v) is 12.8. The zero-order chi connectivity index (χ0) is 15.5. The third kappa shape index (κ3) is 2.73. The molecule has 0 N–H and O–H groups in total. The summed E-state index contributed by atoms with van der Waals surface area (Å²) in [6, 6.07) is 19.3. The van der Waals surface area contributed by atoms with Crippen molar-refractivity contribution in [1.29, 1.82) is 0 Å². The molecule has 0 atom stereocenters. The summed E-state index contributed by atoms with van der Waals surface area (Å²) in [4.78, 5) is 2.10. The highest BCUT2D eigenvalue weighted by Crippen LogP contribution is 2.29. The summed E-state index contributed by atoms with van der Waals surface area (Å²) in [6.07, 6.45) is 3.80. The third-order valence-electron chi connectivity index (χ3n) is 3.76. The van der Waals surface area contributed by atoms with Crippen molar-refractivity contribution in [2.75, 3.05) is 19.0 Å². The van der Waals surface area contributed by atoms with Gasteiger partial charge in [0.15, 0.2) is 0 Å². The number of halogens is 1. The van der Waals surface area contributed by atoms with Crippen molar-refractivity contribution in [2.45, 2.75) is 0 Å². The molecular weight excluding hydrogens is 273 g/mol. The first kappa shape index (κ1) is 14.3. The molecule has 3 aromatic rings. The molecule has 0 amide bonds. The van der Waals surface area contributed by atoms with E-state index in [1.807, 2.05) is 44.4 Å². The molecule has 2 heteroatoms. The molecule has 0 bridgehead atoms. The van der Waals surface area contributed by atoms with Crippen molar-refractivity contribution < 1.29 is 4.39 Å². The van der Waals surface area contributed by atoms with E-state index in [0.29, 0.717) is 5.56 Å². The van der Waals surface area contributed by atoms with Gasteiger partial charge in [-0.2, -0.15) is 0 Å². The van der Waals surface area contributed by atoms with Crippen LogP contribution in [0, 0.1) is 5.82 Å². The Morgan fingerprint density at radius 3 is 2.09 bits per heavy atom. The molecule has 0 heterocycles. The van der Waals surface area contributed by atoms with Gasteiger partial charge in [0.05, 0.1) is 0 Å². The highest BCUT2D eigenvalue weighted by atomic mass is 19.1. The lowest BCUT2D eigenvalue weighted by Gasteiger charge is -2.16. The SMILES string of the molecule is CN(C)c1ccc(/C=C/c2ccccc2F)c2ccccc12. The number of benzene rings is 3. The quantitative estimate of drug-likeness (QED) is 0.598. The maximum absolute atomic E-state index is 13.7. The van der Waals surface area contributed by atoms with E-state index in [1.165, 1.54) is 22.5 Å². The molecule has 0 aromatic heterocycles. The largest absolute Gasteiger partial charge is 0.377 e. The van der Waals surface area contributed by atoms with Crippen molar-refractivity contribution in [3.8, 4) is 0 Å². The van der Waals surface area contributed by atoms with Gasteiger partial charge in [-0.05, 0) is 23.1 Å². The van der Waals surface area contributed by atoms with Crippen LogP contribution >= 0.6 is 0 Å². The van der Waals surface area contributed by atoms with Crippen LogP contribution in [-0.2, 0) is 0 Å². The molecule has 22 heavy (non-hydrogen) atoms. The fraction of sp³-hybridized carbons (Fsp3) is 0.100. The molecule has 3 rings (SSSR count). The first-order chi connectivity index (χ1) is 10.7. The first-order valence-corrected chi connectivity index (χ1v) is 7.28. The maximum atomic E-state index is 13.7. The molecule has 0 aliphatic heterocycles. The van der Waals surface area contributed by atoms with E-state index < -0.39 is 0 Å². The summed E-state index contributed by atoms with van der Waals surface area (Å²) in [7, 11) is 4.08. The summed E-state index contributed by atoms with van der Waals surface area (Å²) in [5.74, 6) is -0.201. The second-order valence-electron chi connectivity index (χ2n) is 5.47. The monoisotopic (exact) mass is 291 g/mol. The molecule has 0 unspecified atom stereocenters. The van der Waals surface area contributed by atoms with Gasteiger partial charge in [0, 0.05) is 30.7 Å². The average Bonchev–Trinajstić information content (AvgIpc) is 2.53. The molecule has 1 nitrogen and oxygen atoms in total. The molecule has 110 valence electrons. The van der Waals surface area contributed by atoms with Crippen molar-refractivity contribution >= 4 is 28.6 Å². The van der Waals surface area contributed by atoms with Gasteiger partial charge in [0.25, 0.3) is 0 Å². The molecule has 0 saturated carbocycles. The summed E-state index contributed by atoms with van der Waals surface area (Å²) in [5, 5.41) is 2.37. The van der Waals surface area contributed by atoms with Crippen LogP contribution in [0.3, 0.4) is 0 Å². The van der Waals surface area contributed by atoms with E-state index >= 15 is 0 Å². The van der Waals surface area contributed by atoms with Crippen LogP contribution in [0.4, 0.5) is 10.1 Å². The fourth-order valence-corrected chi connectivity index (χ4v) is 2.63. The van der Waals surface area contributed by atoms with E-state index in [4.69, 9.17) is 0 Å². The lowest BCUT2D eigenvalue weighted by Crippen LogP contribution is -2.09. The topological polar surface area (TPSA) is 3.24 Å². The Bertz CT molecular complexity index is 834. The van der Waals surface area contributed by atoms with Crippen LogP contribution in [0.2, 0.25) is 0 Å². The van der Waals surface area contributed by atoms with Crippen molar-refractivity contribution in [3.63, 3.8) is 0 Å². The Kier molecular flexibility index (Phi) is 3.92. The lowest BCUT2D eigenvalue weighted by atomic mass is 10.0. The lowest BCUT2D eigenvalue weighted by molar-refractivity contribution is 0.625. The highest BCUT2D eigenvalue weighted by Gasteiger charge is 2.05. The Hall–Kier alpha value is -2.61. The van der Waals surface area contributed by atoms with Crippen LogP contribution in [-0.4, -0.2) is 14.1 Å². The van der Waals surface area contributed by atoms with Gasteiger partial charge in [0.1, 0.15) is 5.82 Å². The van der Waals surface area contributed by atoms with E-state index in [2.05, 4.69) is 29.2 Å². The zero-order valence-electron chi connectivity index (χ0n) is 12.8. The number of hydrogen-bond acceptors (Lipinski definition) is 1. The smallest absolute Gasteiger partial charge is 0.130 e. The van der Waals surface area contributed by atoms with E-state index in [-0.39, 0.29) is 5.82 Å². The standard InChI is InChI=1S/C20H18FN/c1-22(2)20-14-13-15(17-8-4-5-9-18(17)20)11-12-16-7-3-6-10-19(16)21/h3-14H,1-2H3/b12-11+. The second kappa shape index (κ2) is 6.02. The van der Waals surface area contributed by atoms with Gasteiger partial charge in [-0.25, -0.2) is 4.39 Å². The van der Waals surface area contributed by atoms with Gasteiger partial charge in [-0.1, -0.05) is 60.7 Å². The molecule has 0 aliphatic carbocycles. The van der Waals surface area contributed by atoms with Gasteiger partial charge < -0.3 is 4.90 Å². The van der Waals surface area contributed by atoms with Crippen LogP contribution in [0.5, 0.6) is 0 Å². The minimum Gasteiger partial charge on any atom is -0.377 e.